The van der Waals surface area contributed by atoms with Crippen molar-refractivity contribution >= 4 is 17.5 Å². The molecule has 0 radical (unpaired) electrons. The second kappa shape index (κ2) is 12.5. The molecule has 2 aromatic rings. The predicted molar refractivity (Wildman–Crippen MR) is 131 cm³/mol. The van der Waals surface area contributed by atoms with E-state index in [1.54, 1.807) is 21.1 Å². The van der Waals surface area contributed by atoms with Crippen molar-refractivity contribution < 1.29 is 19.1 Å². The molecule has 0 saturated carbocycles. The summed E-state index contributed by atoms with van der Waals surface area (Å²) in [7, 11) is 3.33. The molecule has 2 rings (SSSR count). The minimum Gasteiger partial charge on any atom is -0.491 e. The van der Waals surface area contributed by atoms with Gasteiger partial charge in [0.05, 0.1) is 18.7 Å². The minimum absolute atomic E-state index is 0.0363. The fourth-order valence-electron chi connectivity index (χ4n) is 3.30. The summed E-state index contributed by atoms with van der Waals surface area (Å²) in [5, 5.41) is 9.05. The van der Waals surface area contributed by atoms with Gasteiger partial charge in [-0.3, -0.25) is 9.59 Å². The number of hydrogen-bond donors (Lipinski definition) is 4. The van der Waals surface area contributed by atoms with Crippen LogP contribution in [0.25, 0.3) is 11.1 Å². The lowest BCUT2D eigenvalue weighted by atomic mass is 9.97. The van der Waals surface area contributed by atoms with Crippen molar-refractivity contribution in [3.05, 3.63) is 58.8 Å². The molecular weight excluding hydrogens is 420 g/mol. The van der Waals surface area contributed by atoms with Crippen LogP contribution < -0.4 is 26.4 Å². The Balaban J connectivity index is 2.33. The molecule has 2 aromatic carbocycles. The zero-order chi connectivity index (χ0) is 24.4. The highest BCUT2D eigenvalue weighted by molar-refractivity contribution is 6.00. The Labute approximate surface area is 195 Å². The highest BCUT2D eigenvalue weighted by atomic mass is 16.5. The number of allylic oxidation sites excluding steroid dienone is 1. The maximum atomic E-state index is 13.1. The standard InChI is InChI=1S/C25H34N4O4/c1-6-28-23-14-19(18-7-9-20(10-8-18)33-12-11-32-5)13-21(16(23)2)25(31)29-15-22(24(26)30)17(3)27-4/h7-10,13-14,27-28H,6,11-12,15H2,1-5H3,(H2,26,30)(H,29,31)/b22-17-. The largest absolute Gasteiger partial charge is 0.491 e. The Morgan fingerprint density at radius 2 is 1.76 bits per heavy atom. The molecule has 0 heterocycles. The molecule has 0 aliphatic carbocycles. The van der Waals surface area contributed by atoms with E-state index in [1.165, 1.54) is 0 Å². The third-order valence-electron chi connectivity index (χ3n) is 5.31. The summed E-state index contributed by atoms with van der Waals surface area (Å²) < 4.78 is 10.6. The number of nitrogens with two attached hydrogens (primary N) is 1. The monoisotopic (exact) mass is 454 g/mol. The highest BCUT2D eigenvalue weighted by Gasteiger charge is 2.17. The Morgan fingerprint density at radius 3 is 2.33 bits per heavy atom. The number of rotatable bonds is 12. The second-order valence-electron chi connectivity index (χ2n) is 7.49. The van der Waals surface area contributed by atoms with E-state index < -0.39 is 5.91 Å². The van der Waals surface area contributed by atoms with Gasteiger partial charge in [-0.05, 0) is 61.7 Å². The number of nitrogens with one attached hydrogen (secondary N) is 3. The molecule has 0 fully saturated rings. The van der Waals surface area contributed by atoms with Crippen LogP contribution in [0.2, 0.25) is 0 Å². The molecule has 8 nitrogen and oxygen atoms in total. The van der Waals surface area contributed by atoms with Gasteiger partial charge in [0.15, 0.2) is 0 Å². The smallest absolute Gasteiger partial charge is 0.251 e. The summed E-state index contributed by atoms with van der Waals surface area (Å²) in [6.45, 7) is 7.39. The zero-order valence-corrected chi connectivity index (χ0v) is 20.0. The molecule has 0 unspecified atom stereocenters. The van der Waals surface area contributed by atoms with Gasteiger partial charge in [0.25, 0.3) is 5.91 Å². The van der Waals surface area contributed by atoms with Crippen LogP contribution in [0.4, 0.5) is 5.69 Å². The lowest BCUT2D eigenvalue weighted by Crippen LogP contribution is -2.32. The van der Waals surface area contributed by atoms with Crippen molar-refractivity contribution in [2.24, 2.45) is 5.73 Å². The Hall–Kier alpha value is -3.52. The highest BCUT2D eigenvalue weighted by Crippen LogP contribution is 2.30. The Bertz CT molecular complexity index is 1000. The average molecular weight is 455 g/mol. The first-order chi connectivity index (χ1) is 15.8. The number of carbonyl (C=O) groups excluding carboxylic acids is 2. The van der Waals surface area contributed by atoms with Gasteiger partial charge in [0.1, 0.15) is 12.4 Å². The number of ether oxygens (including phenoxy) is 2. The van der Waals surface area contributed by atoms with Crippen molar-refractivity contribution in [3.8, 4) is 16.9 Å². The van der Waals surface area contributed by atoms with Crippen LogP contribution in [-0.2, 0) is 9.53 Å². The third kappa shape index (κ3) is 6.98. The number of hydrogen-bond acceptors (Lipinski definition) is 6. The quantitative estimate of drug-likeness (QED) is 0.290. The van der Waals surface area contributed by atoms with E-state index in [4.69, 9.17) is 15.2 Å². The predicted octanol–water partition coefficient (Wildman–Crippen LogP) is 2.83. The van der Waals surface area contributed by atoms with E-state index in [2.05, 4.69) is 16.0 Å². The molecule has 0 aliphatic heterocycles. The lowest BCUT2D eigenvalue weighted by molar-refractivity contribution is -0.114. The molecule has 8 heteroatoms. The molecule has 178 valence electrons. The molecule has 0 atom stereocenters. The third-order valence-corrected chi connectivity index (χ3v) is 5.31. The second-order valence-corrected chi connectivity index (χ2v) is 7.49. The van der Waals surface area contributed by atoms with Gasteiger partial charge in [-0.1, -0.05) is 12.1 Å². The first-order valence-electron chi connectivity index (χ1n) is 10.9. The SMILES string of the molecule is CCNc1cc(-c2ccc(OCCOC)cc2)cc(C(=O)NC/C(C(N)=O)=C(\C)NC)c1C. The number of primary amides is 1. The lowest BCUT2D eigenvalue weighted by Gasteiger charge is -2.16. The van der Waals surface area contributed by atoms with Gasteiger partial charge in [-0.2, -0.15) is 0 Å². The molecule has 0 aliphatic rings. The summed E-state index contributed by atoms with van der Waals surface area (Å²) >= 11 is 0. The molecule has 0 spiro atoms. The van der Waals surface area contributed by atoms with Crippen molar-refractivity contribution in [1.82, 2.24) is 10.6 Å². The number of methoxy groups -OCH3 is 1. The summed E-state index contributed by atoms with van der Waals surface area (Å²) in [5.74, 6) is -0.108. The summed E-state index contributed by atoms with van der Waals surface area (Å²) in [6.07, 6.45) is 0. The molecule has 2 amide bonds. The van der Waals surface area contributed by atoms with Crippen molar-refractivity contribution in [2.45, 2.75) is 20.8 Å². The van der Waals surface area contributed by atoms with Crippen LogP contribution in [-0.4, -0.2) is 52.3 Å². The number of amides is 2. The van der Waals surface area contributed by atoms with Crippen LogP contribution in [0.3, 0.4) is 0 Å². The maximum absolute atomic E-state index is 13.1. The Kier molecular flexibility index (Phi) is 9.75. The summed E-state index contributed by atoms with van der Waals surface area (Å²) in [4.78, 5) is 24.8. The number of benzene rings is 2. The van der Waals surface area contributed by atoms with E-state index >= 15 is 0 Å². The summed E-state index contributed by atoms with van der Waals surface area (Å²) in [5.41, 5.74) is 10.5. The first kappa shape index (κ1) is 25.7. The van der Waals surface area contributed by atoms with Gasteiger partial charge in [-0.25, -0.2) is 0 Å². The molecular formula is C25H34N4O4. The Morgan fingerprint density at radius 1 is 1.06 bits per heavy atom. The van der Waals surface area contributed by atoms with E-state index in [0.29, 0.717) is 36.6 Å². The topological polar surface area (TPSA) is 115 Å². The maximum Gasteiger partial charge on any atom is 0.251 e. The van der Waals surface area contributed by atoms with Crippen molar-refractivity contribution in [2.75, 3.05) is 45.8 Å². The van der Waals surface area contributed by atoms with Crippen molar-refractivity contribution in [3.63, 3.8) is 0 Å². The van der Waals surface area contributed by atoms with Crippen LogP contribution >= 0.6 is 0 Å². The summed E-state index contributed by atoms with van der Waals surface area (Å²) in [6, 6.07) is 11.6. The first-order valence-corrected chi connectivity index (χ1v) is 10.9. The van der Waals surface area contributed by atoms with E-state index in [0.717, 1.165) is 28.1 Å². The molecule has 5 N–H and O–H groups in total. The van der Waals surface area contributed by atoms with Gasteiger partial charge in [0, 0.05) is 37.7 Å². The minimum atomic E-state index is -0.575. The van der Waals surface area contributed by atoms with Crippen LogP contribution in [0.1, 0.15) is 29.8 Å². The molecule has 33 heavy (non-hydrogen) atoms. The number of anilines is 1. The zero-order valence-electron chi connectivity index (χ0n) is 20.0. The van der Waals surface area contributed by atoms with Crippen LogP contribution in [0, 0.1) is 6.92 Å². The van der Waals surface area contributed by atoms with Crippen LogP contribution in [0.5, 0.6) is 5.75 Å². The van der Waals surface area contributed by atoms with Crippen LogP contribution in [0.15, 0.2) is 47.7 Å². The fraction of sp³-hybridized carbons (Fsp3) is 0.360. The molecule has 0 bridgehead atoms. The normalized spacial score (nSPS) is 11.4. The van der Waals surface area contributed by atoms with E-state index in [9.17, 15) is 9.59 Å². The fourth-order valence-corrected chi connectivity index (χ4v) is 3.30. The van der Waals surface area contributed by atoms with Crippen molar-refractivity contribution in [1.29, 1.82) is 0 Å². The van der Waals surface area contributed by atoms with E-state index in [-0.39, 0.29) is 12.5 Å². The average Bonchev–Trinajstić information content (AvgIpc) is 2.80. The molecule has 0 aromatic heterocycles. The van der Waals surface area contributed by atoms with Gasteiger partial charge in [-0.15, -0.1) is 0 Å². The van der Waals surface area contributed by atoms with Gasteiger partial charge >= 0.3 is 0 Å². The van der Waals surface area contributed by atoms with Gasteiger partial charge in [0.2, 0.25) is 5.91 Å². The van der Waals surface area contributed by atoms with Gasteiger partial charge < -0.3 is 31.2 Å². The molecule has 0 saturated heterocycles. The number of carbonyl (C=O) groups is 2. The van der Waals surface area contributed by atoms with E-state index in [1.807, 2.05) is 50.2 Å².